The van der Waals surface area contributed by atoms with Gasteiger partial charge in [-0.25, -0.2) is 13.1 Å². The summed E-state index contributed by atoms with van der Waals surface area (Å²) in [5, 5.41) is 9.20. The number of rotatable bonds is 6. The summed E-state index contributed by atoms with van der Waals surface area (Å²) >= 11 is 5.92. The van der Waals surface area contributed by atoms with E-state index in [1.165, 1.54) is 12.1 Å². The predicted octanol–water partition coefficient (Wildman–Crippen LogP) is 1.75. The van der Waals surface area contributed by atoms with Crippen molar-refractivity contribution >= 4 is 21.6 Å². The fourth-order valence-corrected chi connectivity index (χ4v) is 3.37. The largest absolute Gasteiger partial charge is 0.392 e. The molecule has 2 aromatic rings. The molecule has 0 aliphatic rings. The zero-order valence-corrected chi connectivity index (χ0v) is 12.7. The van der Waals surface area contributed by atoms with Crippen molar-refractivity contribution in [3.63, 3.8) is 0 Å². The molecule has 0 amide bonds. The van der Waals surface area contributed by atoms with E-state index in [0.29, 0.717) is 12.0 Å². The molecule has 0 saturated carbocycles. The van der Waals surface area contributed by atoms with E-state index >= 15 is 0 Å². The summed E-state index contributed by atoms with van der Waals surface area (Å²) in [6.45, 7) is -0.0212. The Labute approximate surface area is 128 Å². The van der Waals surface area contributed by atoms with Gasteiger partial charge in [-0.2, -0.15) is 0 Å². The first kappa shape index (κ1) is 15.9. The maximum absolute atomic E-state index is 12.2. The van der Waals surface area contributed by atoms with Gasteiger partial charge in [0.15, 0.2) is 0 Å². The van der Waals surface area contributed by atoms with Crippen LogP contribution in [0.4, 0.5) is 0 Å². The zero-order chi connectivity index (χ0) is 15.3. The molecule has 2 rings (SSSR count). The molecule has 0 radical (unpaired) electrons. The number of nitrogens with zero attached hydrogens (tertiary/aromatic N) is 1. The molecule has 0 bridgehead atoms. The molecular weight excluding hydrogens is 312 g/mol. The molecule has 0 saturated heterocycles. The molecule has 0 spiro atoms. The van der Waals surface area contributed by atoms with Gasteiger partial charge in [-0.3, -0.25) is 4.98 Å². The fourth-order valence-electron chi connectivity index (χ4n) is 1.79. The Bertz CT molecular complexity index is 705. The Morgan fingerprint density at radius 1 is 1.24 bits per heavy atom. The first-order valence-corrected chi connectivity index (χ1v) is 8.18. The van der Waals surface area contributed by atoms with E-state index in [2.05, 4.69) is 9.71 Å². The number of hydrogen-bond acceptors (Lipinski definition) is 4. The lowest BCUT2D eigenvalue weighted by molar-refractivity contribution is 0.281. The van der Waals surface area contributed by atoms with Crippen LogP contribution < -0.4 is 4.72 Å². The average Bonchev–Trinajstić information content (AvgIpc) is 2.48. The van der Waals surface area contributed by atoms with Crippen molar-refractivity contribution < 1.29 is 13.5 Å². The quantitative estimate of drug-likeness (QED) is 0.847. The summed E-state index contributed by atoms with van der Waals surface area (Å²) in [6.07, 6.45) is 2.14. The van der Waals surface area contributed by atoms with Gasteiger partial charge >= 0.3 is 0 Å². The maximum Gasteiger partial charge on any atom is 0.242 e. The van der Waals surface area contributed by atoms with Crippen LogP contribution in [-0.4, -0.2) is 25.1 Å². The minimum Gasteiger partial charge on any atom is -0.392 e. The summed E-state index contributed by atoms with van der Waals surface area (Å²) in [5.41, 5.74) is 1.29. The highest BCUT2D eigenvalue weighted by atomic mass is 35.5. The summed E-state index contributed by atoms with van der Waals surface area (Å²) < 4.78 is 26.9. The van der Waals surface area contributed by atoms with Crippen LogP contribution in [0, 0.1) is 0 Å². The van der Waals surface area contributed by atoms with E-state index in [1.807, 2.05) is 12.1 Å². The van der Waals surface area contributed by atoms with Crippen molar-refractivity contribution in [3.8, 4) is 0 Å². The van der Waals surface area contributed by atoms with Crippen molar-refractivity contribution in [2.24, 2.45) is 0 Å². The van der Waals surface area contributed by atoms with Crippen LogP contribution in [0.1, 0.15) is 11.3 Å². The van der Waals surface area contributed by atoms with Gasteiger partial charge in [0.2, 0.25) is 10.0 Å². The minimum absolute atomic E-state index is 0.0308. The van der Waals surface area contributed by atoms with Gasteiger partial charge in [0.05, 0.1) is 11.6 Å². The summed E-state index contributed by atoms with van der Waals surface area (Å²) in [6, 6.07) is 9.88. The van der Waals surface area contributed by atoms with Crippen LogP contribution in [0.2, 0.25) is 5.02 Å². The van der Waals surface area contributed by atoms with E-state index in [1.54, 1.807) is 18.3 Å². The SMILES string of the molecule is O=S(=O)(NCCc1ccccn1)c1cc(CO)ccc1Cl. The third kappa shape index (κ3) is 4.25. The lowest BCUT2D eigenvalue weighted by Crippen LogP contribution is -2.26. The topological polar surface area (TPSA) is 79.3 Å². The normalized spacial score (nSPS) is 11.5. The Kier molecular flexibility index (Phi) is 5.30. The third-order valence-corrected chi connectivity index (χ3v) is 4.81. The minimum atomic E-state index is -3.71. The number of sulfonamides is 1. The molecule has 1 aromatic heterocycles. The molecule has 5 nitrogen and oxygen atoms in total. The first-order valence-electron chi connectivity index (χ1n) is 6.32. The standard InChI is InChI=1S/C14H15ClN2O3S/c15-13-5-4-11(10-18)9-14(13)21(19,20)17-8-6-12-3-1-2-7-16-12/h1-5,7,9,17-18H,6,8,10H2. The average molecular weight is 327 g/mol. The number of halogens is 1. The second-order valence-electron chi connectivity index (χ2n) is 4.39. The number of aliphatic hydroxyl groups excluding tert-OH is 1. The molecule has 0 aliphatic heterocycles. The highest BCUT2D eigenvalue weighted by Gasteiger charge is 2.18. The van der Waals surface area contributed by atoms with Crippen molar-refractivity contribution in [1.29, 1.82) is 0 Å². The van der Waals surface area contributed by atoms with E-state index in [9.17, 15) is 8.42 Å². The van der Waals surface area contributed by atoms with Crippen LogP contribution in [0.15, 0.2) is 47.5 Å². The first-order chi connectivity index (χ1) is 10.0. The van der Waals surface area contributed by atoms with Gasteiger partial charge in [0, 0.05) is 24.9 Å². The number of aliphatic hydroxyl groups is 1. The van der Waals surface area contributed by atoms with Crippen molar-refractivity contribution in [2.75, 3.05) is 6.54 Å². The third-order valence-electron chi connectivity index (χ3n) is 2.87. The predicted molar refractivity (Wildman–Crippen MR) is 80.5 cm³/mol. The lowest BCUT2D eigenvalue weighted by Gasteiger charge is -2.09. The monoisotopic (exact) mass is 326 g/mol. The Morgan fingerprint density at radius 2 is 2.05 bits per heavy atom. The Balaban J connectivity index is 2.08. The molecule has 21 heavy (non-hydrogen) atoms. The van der Waals surface area contributed by atoms with E-state index in [-0.39, 0.29) is 23.1 Å². The summed E-state index contributed by atoms with van der Waals surface area (Å²) in [7, 11) is -3.71. The lowest BCUT2D eigenvalue weighted by atomic mass is 10.2. The van der Waals surface area contributed by atoms with Crippen molar-refractivity contribution in [1.82, 2.24) is 9.71 Å². The summed E-state index contributed by atoms with van der Waals surface area (Å²) in [5.74, 6) is 0. The van der Waals surface area contributed by atoms with E-state index in [0.717, 1.165) is 5.69 Å². The molecule has 0 unspecified atom stereocenters. The molecule has 1 aromatic carbocycles. The van der Waals surface area contributed by atoms with Gasteiger partial charge in [0.1, 0.15) is 4.90 Å². The van der Waals surface area contributed by atoms with Gasteiger partial charge in [-0.1, -0.05) is 23.7 Å². The van der Waals surface area contributed by atoms with E-state index < -0.39 is 10.0 Å². The molecule has 2 N–H and O–H groups in total. The van der Waals surface area contributed by atoms with Gasteiger partial charge in [-0.15, -0.1) is 0 Å². The van der Waals surface area contributed by atoms with Crippen LogP contribution in [-0.2, 0) is 23.1 Å². The van der Waals surface area contributed by atoms with Gasteiger partial charge < -0.3 is 5.11 Å². The molecule has 0 aliphatic carbocycles. The molecule has 7 heteroatoms. The second kappa shape index (κ2) is 7.00. The number of benzene rings is 1. The second-order valence-corrected chi connectivity index (χ2v) is 6.53. The van der Waals surface area contributed by atoms with Crippen molar-refractivity contribution in [3.05, 3.63) is 58.9 Å². The Morgan fingerprint density at radius 3 is 2.71 bits per heavy atom. The van der Waals surface area contributed by atoms with Crippen LogP contribution in [0.25, 0.3) is 0 Å². The number of pyridine rings is 1. The maximum atomic E-state index is 12.2. The molecule has 1 heterocycles. The fraction of sp³-hybridized carbons (Fsp3) is 0.214. The van der Waals surface area contributed by atoms with Crippen LogP contribution in [0.3, 0.4) is 0 Å². The van der Waals surface area contributed by atoms with Crippen LogP contribution >= 0.6 is 11.6 Å². The summed E-state index contributed by atoms with van der Waals surface area (Å²) in [4.78, 5) is 4.09. The number of nitrogens with one attached hydrogen (secondary N) is 1. The highest BCUT2D eigenvalue weighted by molar-refractivity contribution is 7.89. The molecular formula is C14H15ClN2O3S. The van der Waals surface area contributed by atoms with Gasteiger partial charge in [0.25, 0.3) is 0 Å². The smallest absolute Gasteiger partial charge is 0.242 e. The van der Waals surface area contributed by atoms with Crippen LogP contribution in [0.5, 0.6) is 0 Å². The number of aromatic nitrogens is 1. The highest BCUT2D eigenvalue weighted by Crippen LogP contribution is 2.22. The van der Waals surface area contributed by atoms with E-state index in [4.69, 9.17) is 16.7 Å². The van der Waals surface area contributed by atoms with Crippen molar-refractivity contribution in [2.45, 2.75) is 17.9 Å². The zero-order valence-electron chi connectivity index (χ0n) is 11.2. The molecule has 0 fully saturated rings. The van der Waals surface area contributed by atoms with Gasteiger partial charge in [-0.05, 0) is 29.8 Å². The molecule has 0 atom stereocenters. The Hall–Kier alpha value is -1.47. The number of hydrogen-bond donors (Lipinski definition) is 2. The molecule has 112 valence electrons.